The summed E-state index contributed by atoms with van der Waals surface area (Å²) in [4.78, 5) is 0. The quantitative estimate of drug-likeness (QED) is 0.347. The third-order valence-electron chi connectivity index (χ3n) is 3.24. The molecule has 4 N–H and O–H groups in total. The molecule has 1 aliphatic carbocycles. The van der Waals surface area contributed by atoms with Crippen LogP contribution in [0.2, 0.25) is 0 Å². The van der Waals surface area contributed by atoms with Crippen molar-refractivity contribution in [3.05, 3.63) is 34.9 Å². The minimum Gasteiger partial charge on any atom is -0.313 e. The summed E-state index contributed by atoms with van der Waals surface area (Å²) in [5, 5.41) is 19.8. The molecular formula is C12H17N3O. The van der Waals surface area contributed by atoms with Gasteiger partial charge in [-0.2, -0.15) is 0 Å². The van der Waals surface area contributed by atoms with Crippen molar-refractivity contribution in [2.75, 3.05) is 7.05 Å². The van der Waals surface area contributed by atoms with Crippen molar-refractivity contribution in [3.8, 4) is 0 Å². The van der Waals surface area contributed by atoms with Crippen molar-refractivity contribution in [2.45, 2.75) is 25.3 Å². The Kier molecular flexibility index (Phi) is 3.22. The molecule has 4 heteroatoms. The van der Waals surface area contributed by atoms with Crippen LogP contribution in [0, 0.1) is 5.41 Å². The number of hydrogen-bond acceptors (Lipinski definition) is 3. The van der Waals surface area contributed by atoms with Gasteiger partial charge < -0.3 is 5.32 Å². The number of rotatable bonds is 2. The van der Waals surface area contributed by atoms with Crippen molar-refractivity contribution in [3.63, 3.8) is 0 Å². The van der Waals surface area contributed by atoms with Gasteiger partial charge in [-0.15, -0.1) is 0 Å². The van der Waals surface area contributed by atoms with Crippen LogP contribution >= 0.6 is 0 Å². The Hall–Kier alpha value is -1.39. The number of hydroxylamine groups is 1. The molecule has 1 atom stereocenters. The van der Waals surface area contributed by atoms with Crippen LogP contribution in [0.25, 0.3) is 0 Å². The predicted octanol–water partition coefficient (Wildman–Crippen LogP) is 1.59. The number of amidine groups is 1. The van der Waals surface area contributed by atoms with Crippen LogP contribution in [0.4, 0.5) is 0 Å². The highest BCUT2D eigenvalue weighted by Gasteiger charge is 2.21. The van der Waals surface area contributed by atoms with Crippen LogP contribution < -0.4 is 10.8 Å². The van der Waals surface area contributed by atoms with E-state index in [1.165, 1.54) is 11.1 Å². The highest BCUT2D eigenvalue weighted by molar-refractivity contribution is 5.97. The summed E-state index contributed by atoms with van der Waals surface area (Å²) < 4.78 is 0. The fourth-order valence-electron chi connectivity index (χ4n) is 2.44. The van der Waals surface area contributed by atoms with Gasteiger partial charge in [-0.1, -0.05) is 18.2 Å². The first-order chi connectivity index (χ1) is 7.77. The maximum atomic E-state index is 8.82. The van der Waals surface area contributed by atoms with Crippen LogP contribution in [0.1, 0.15) is 35.6 Å². The van der Waals surface area contributed by atoms with Crippen LogP contribution in [-0.2, 0) is 6.42 Å². The number of benzene rings is 1. The Morgan fingerprint density at radius 3 is 3.00 bits per heavy atom. The van der Waals surface area contributed by atoms with Gasteiger partial charge in [0.05, 0.1) is 0 Å². The minimum absolute atomic E-state index is 0.0774. The molecule has 1 aromatic rings. The zero-order chi connectivity index (χ0) is 11.5. The number of fused-ring (bicyclic) bond motifs is 1. The molecule has 86 valence electrons. The van der Waals surface area contributed by atoms with Crippen LogP contribution in [0.3, 0.4) is 0 Å². The molecule has 2 rings (SSSR count). The third-order valence-corrected chi connectivity index (χ3v) is 3.24. The van der Waals surface area contributed by atoms with E-state index < -0.39 is 0 Å². The standard InChI is InChI=1S/C12H17N3O/c1-14-11-7-3-4-8-9(11)5-2-6-10(8)12(13)15-16/h2,5-6,11,14,16H,3-4,7H2,1H3,(H2,13,15)/t11-/m0/s1. The molecule has 0 unspecified atom stereocenters. The smallest absolute Gasteiger partial charge is 0.149 e. The topological polar surface area (TPSA) is 68.1 Å². The summed E-state index contributed by atoms with van der Waals surface area (Å²) in [6.45, 7) is 0. The van der Waals surface area contributed by atoms with E-state index in [0.717, 1.165) is 24.8 Å². The monoisotopic (exact) mass is 219 g/mol. The maximum absolute atomic E-state index is 8.82. The van der Waals surface area contributed by atoms with Crippen molar-refractivity contribution in [2.24, 2.45) is 0 Å². The lowest BCUT2D eigenvalue weighted by Gasteiger charge is -2.27. The first-order valence-corrected chi connectivity index (χ1v) is 5.56. The van der Waals surface area contributed by atoms with Gasteiger partial charge in [0.1, 0.15) is 5.84 Å². The van der Waals surface area contributed by atoms with E-state index >= 15 is 0 Å². The summed E-state index contributed by atoms with van der Waals surface area (Å²) in [6, 6.07) is 6.29. The SMILES string of the molecule is CN[C@H]1CCCc2c(C(=N)NO)cccc21. The Bertz CT molecular complexity index is 403. The molecule has 0 amide bonds. The van der Waals surface area contributed by atoms with Crippen LogP contribution in [0.5, 0.6) is 0 Å². The molecule has 4 nitrogen and oxygen atoms in total. The van der Waals surface area contributed by atoms with E-state index in [-0.39, 0.29) is 5.84 Å². The summed E-state index contributed by atoms with van der Waals surface area (Å²) in [5.41, 5.74) is 5.17. The molecule has 0 heterocycles. The molecule has 0 aliphatic heterocycles. The lowest BCUT2D eigenvalue weighted by molar-refractivity contribution is 0.234. The second kappa shape index (κ2) is 4.63. The molecule has 0 radical (unpaired) electrons. The molecule has 0 saturated heterocycles. The Labute approximate surface area is 95.1 Å². The predicted molar refractivity (Wildman–Crippen MR) is 62.9 cm³/mol. The molecule has 0 saturated carbocycles. The summed E-state index contributed by atoms with van der Waals surface area (Å²) in [6.07, 6.45) is 3.23. The average Bonchev–Trinajstić information content (AvgIpc) is 2.36. The molecule has 1 aromatic carbocycles. The molecule has 0 aromatic heterocycles. The van der Waals surface area contributed by atoms with Crippen molar-refractivity contribution in [1.82, 2.24) is 10.8 Å². The van der Waals surface area contributed by atoms with Gasteiger partial charge in [-0.25, -0.2) is 0 Å². The van der Waals surface area contributed by atoms with Gasteiger partial charge in [-0.3, -0.25) is 16.1 Å². The fraction of sp³-hybridized carbons (Fsp3) is 0.417. The van der Waals surface area contributed by atoms with Gasteiger partial charge in [0.2, 0.25) is 0 Å². The van der Waals surface area contributed by atoms with Crippen molar-refractivity contribution in [1.29, 1.82) is 5.41 Å². The zero-order valence-electron chi connectivity index (χ0n) is 9.38. The molecular weight excluding hydrogens is 202 g/mol. The number of hydrogen-bond donors (Lipinski definition) is 4. The minimum atomic E-state index is 0.0774. The Morgan fingerprint density at radius 1 is 1.50 bits per heavy atom. The van der Waals surface area contributed by atoms with Crippen molar-refractivity contribution >= 4 is 5.84 Å². The highest BCUT2D eigenvalue weighted by Crippen LogP contribution is 2.31. The fourth-order valence-corrected chi connectivity index (χ4v) is 2.44. The van der Waals surface area contributed by atoms with Gasteiger partial charge >= 0.3 is 0 Å². The van der Waals surface area contributed by atoms with E-state index in [1.54, 1.807) is 0 Å². The zero-order valence-corrected chi connectivity index (χ0v) is 9.38. The molecule has 16 heavy (non-hydrogen) atoms. The molecule has 1 aliphatic rings. The third kappa shape index (κ3) is 1.81. The molecule has 0 fully saturated rings. The van der Waals surface area contributed by atoms with Crippen molar-refractivity contribution < 1.29 is 5.21 Å². The summed E-state index contributed by atoms with van der Waals surface area (Å²) in [5.74, 6) is 0.0774. The van der Waals surface area contributed by atoms with Gasteiger partial charge in [0, 0.05) is 11.6 Å². The first-order valence-electron chi connectivity index (χ1n) is 5.56. The Balaban J connectivity index is 2.46. The second-order valence-electron chi connectivity index (χ2n) is 4.09. The largest absolute Gasteiger partial charge is 0.313 e. The molecule has 0 bridgehead atoms. The van der Waals surface area contributed by atoms with Crippen LogP contribution in [-0.4, -0.2) is 18.1 Å². The van der Waals surface area contributed by atoms with E-state index in [4.69, 9.17) is 10.6 Å². The second-order valence-corrected chi connectivity index (χ2v) is 4.09. The van der Waals surface area contributed by atoms with E-state index in [1.807, 2.05) is 24.7 Å². The van der Waals surface area contributed by atoms with Gasteiger partial charge in [0.15, 0.2) is 0 Å². The van der Waals surface area contributed by atoms with E-state index in [0.29, 0.717) is 6.04 Å². The molecule has 0 spiro atoms. The lowest BCUT2D eigenvalue weighted by atomic mass is 9.84. The maximum Gasteiger partial charge on any atom is 0.149 e. The van der Waals surface area contributed by atoms with E-state index in [2.05, 4.69) is 11.4 Å². The number of nitrogens with one attached hydrogen (secondary N) is 3. The van der Waals surface area contributed by atoms with E-state index in [9.17, 15) is 0 Å². The summed E-state index contributed by atoms with van der Waals surface area (Å²) in [7, 11) is 1.96. The highest BCUT2D eigenvalue weighted by atomic mass is 16.5. The summed E-state index contributed by atoms with van der Waals surface area (Å²) >= 11 is 0. The lowest BCUT2D eigenvalue weighted by Crippen LogP contribution is -2.26. The van der Waals surface area contributed by atoms with Crippen LogP contribution in [0.15, 0.2) is 18.2 Å². The Morgan fingerprint density at radius 2 is 2.31 bits per heavy atom. The van der Waals surface area contributed by atoms with Gasteiger partial charge in [-0.05, 0) is 37.4 Å². The van der Waals surface area contributed by atoms with Gasteiger partial charge in [0.25, 0.3) is 0 Å². The normalized spacial score (nSPS) is 19.0. The first kappa shape index (κ1) is 11.1. The average molecular weight is 219 g/mol.